The standard InChI is InChI=1S/C12H8Cl2N2O/c13-10-6-11(14)16-12(15-10)8-1-2-9-7(5-8)3-4-17-9/h1-2,5-6H,3-4H2. The van der Waals surface area contributed by atoms with Crippen LogP contribution in [0.4, 0.5) is 0 Å². The van der Waals surface area contributed by atoms with Gasteiger partial charge in [-0.3, -0.25) is 0 Å². The first-order chi connectivity index (χ1) is 8.22. The van der Waals surface area contributed by atoms with Gasteiger partial charge in [0, 0.05) is 18.1 Å². The summed E-state index contributed by atoms with van der Waals surface area (Å²) in [6, 6.07) is 7.37. The van der Waals surface area contributed by atoms with E-state index in [1.807, 2.05) is 18.2 Å². The largest absolute Gasteiger partial charge is 0.493 e. The molecule has 2 heterocycles. The van der Waals surface area contributed by atoms with E-state index >= 15 is 0 Å². The molecule has 0 spiro atoms. The van der Waals surface area contributed by atoms with Gasteiger partial charge in [0.15, 0.2) is 5.82 Å². The lowest BCUT2D eigenvalue weighted by Gasteiger charge is -2.04. The summed E-state index contributed by atoms with van der Waals surface area (Å²) in [5, 5.41) is 0.688. The predicted molar refractivity (Wildman–Crippen MR) is 66.7 cm³/mol. The van der Waals surface area contributed by atoms with Crippen LogP contribution in [0.5, 0.6) is 5.75 Å². The van der Waals surface area contributed by atoms with Crippen LogP contribution in [-0.2, 0) is 6.42 Å². The molecule has 1 aliphatic heterocycles. The number of aromatic nitrogens is 2. The third-order valence-electron chi connectivity index (χ3n) is 2.61. The second kappa shape index (κ2) is 4.17. The Hall–Kier alpha value is -1.32. The summed E-state index contributed by atoms with van der Waals surface area (Å²) in [5.74, 6) is 1.47. The maximum absolute atomic E-state index is 5.86. The molecule has 0 radical (unpaired) electrons. The summed E-state index contributed by atoms with van der Waals surface area (Å²) in [5.41, 5.74) is 2.07. The lowest BCUT2D eigenvalue weighted by atomic mass is 10.1. The molecule has 0 aliphatic carbocycles. The Morgan fingerprint density at radius 3 is 2.59 bits per heavy atom. The molecule has 0 fully saturated rings. The molecule has 5 heteroatoms. The van der Waals surface area contributed by atoms with Gasteiger partial charge in [-0.15, -0.1) is 0 Å². The average molecular weight is 267 g/mol. The Morgan fingerprint density at radius 2 is 1.82 bits per heavy atom. The number of rotatable bonds is 1. The van der Waals surface area contributed by atoms with Crippen molar-refractivity contribution in [3.05, 3.63) is 40.1 Å². The van der Waals surface area contributed by atoms with Gasteiger partial charge in [0.2, 0.25) is 0 Å². The van der Waals surface area contributed by atoms with Crippen LogP contribution in [-0.4, -0.2) is 16.6 Å². The second-order valence-electron chi connectivity index (χ2n) is 3.76. The van der Waals surface area contributed by atoms with E-state index in [9.17, 15) is 0 Å². The van der Waals surface area contributed by atoms with Crippen molar-refractivity contribution in [1.29, 1.82) is 0 Å². The van der Waals surface area contributed by atoms with Crippen molar-refractivity contribution in [3.8, 4) is 17.1 Å². The fourth-order valence-corrected chi connectivity index (χ4v) is 2.27. The third kappa shape index (κ3) is 2.08. The summed E-state index contributed by atoms with van der Waals surface area (Å²) in [4.78, 5) is 8.32. The maximum Gasteiger partial charge on any atom is 0.162 e. The first-order valence-electron chi connectivity index (χ1n) is 5.18. The summed E-state index contributed by atoms with van der Waals surface area (Å²) >= 11 is 11.7. The molecule has 0 bridgehead atoms. The number of hydrogen-bond acceptors (Lipinski definition) is 3. The lowest BCUT2D eigenvalue weighted by molar-refractivity contribution is 0.357. The number of fused-ring (bicyclic) bond motifs is 1. The van der Waals surface area contributed by atoms with Crippen LogP contribution in [0.15, 0.2) is 24.3 Å². The first-order valence-corrected chi connectivity index (χ1v) is 5.94. The van der Waals surface area contributed by atoms with Gasteiger partial charge in [-0.05, 0) is 23.8 Å². The molecule has 0 saturated heterocycles. The van der Waals surface area contributed by atoms with Gasteiger partial charge in [0.1, 0.15) is 16.1 Å². The van der Waals surface area contributed by atoms with Gasteiger partial charge in [-0.1, -0.05) is 23.2 Å². The summed E-state index contributed by atoms with van der Waals surface area (Å²) in [7, 11) is 0. The fraction of sp³-hybridized carbons (Fsp3) is 0.167. The molecular formula is C12H8Cl2N2O. The average Bonchev–Trinajstić information content (AvgIpc) is 2.74. The zero-order valence-electron chi connectivity index (χ0n) is 8.78. The minimum absolute atomic E-state index is 0.344. The summed E-state index contributed by atoms with van der Waals surface area (Å²) < 4.78 is 5.44. The van der Waals surface area contributed by atoms with Gasteiger partial charge in [0.05, 0.1) is 6.61 Å². The van der Waals surface area contributed by atoms with E-state index in [1.54, 1.807) is 0 Å². The SMILES string of the molecule is Clc1cc(Cl)nc(-c2ccc3c(c2)CCO3)n1. The quantitative estimate of drug-likeness (QED) is 0.743. The van der Waals surface area contributed by atoms with Crippen LogP contribution in [0.2, 0.25) is 10.3 Å². The Bertz CT molecular complexity index is 566. The highest BCUT2D eigenvalue weighted by Crippen LogP contribution is 2.29. The van der Waals surface area contributed by atoms with Crippen LogP contribution in [0.25, 0.3) is 11.4 Å². The van der Waals surface area contributed by atoms with Gasteiger partial charge in [-0.25, -0.2) is 9.97 Å². The molecule has 1 aliphatic rings. The molecule has 0 N–H and O–H groups in total. The molecule has 0 amide bonds. The van der Waals surface area contributed by atoms with E-state index < -0.39 is 0 Å². The van der Waals surface area contributed by atoms with Crippen molar-refractivity contribution in [3.63, 3.8) is 0 Å². The number of nitrogens with zero attached hydrogens (tertiary/aromatic N) is 2. The Morgan fingerprint density at radius 1 is 1.06 bits per heavy atom. The van der Waals surface area contributed by atoms with Crippen molar-refractivity contribution in [1.82, 2.24) is 9.97 Å². The normalized spacial score (nSPS) is 13.3. The molecule has 86 valence electrons. The summed E-state index contributed by atoms with van der Waals surface area (Å²) in [6.45, 7) is 0.732. The van der Waals surface area contributed by atoms with E-state index in [-0.39, 0.29) is 0 Å². The van der Waals surface area contributed by atoms with Crippen LogP contribution in [0, 0.1) is 0 Å². The topological polar surface area (TPSA) is 35.0 Å². The Kier molecular flexibility index (Phi) is 2.65. The smallest absolute Gasteiger partial charge is 0.162 e. The van der Waals surface area contributed by atoms with Gasteiger partial charge in [0.25, 0.3) is 0 Å². The van der Waals surface area contributed by atoms with E-state index in [0.29, 0.717) is 16.1 Å². The zero-order chi connectivity index (χ0) is 11.8. The highest BCUT2D eigenvalue weighted by molar-refractivity contribution is 6.33. The molecule has 0 saturated carbocycles. The van der Waals surface area contributed by atoms with Crippen LogP contribution < -0.4 is 4.74 Å². The van der Waals surface area contributed by atoms with E-state index in [1.165, 1.54) is 11.6 Å². The minimum Gasteiger partial charge on any atom is -0.493 e. The molecular weight excluding hydrogens is 259 g/mol. The van der Waals surface area contributed by atoms with Crippen LogP contribution >= 0.6 is 23.2 Å². The maximum atomic E-state index is 5.86. The van der Waals surface area contributed by atoms with Gasteiger partial charge in [-0.2, -0.15) is 0 Å². The Labute approximate surface area is 108 Å². The fourth-order valence-electron chi connectivity index (χ4n) is 1.84. The van der Waals surface area contributed by atoms with Crippen molar-refractivity contribution in [2.24, 2.45) is 0 Å². The van der Waals surface area contributed by atoms with Gasteiger partial charge < -0.3 is 4.74 Å². The number of ether oxygens (including phenoxy) is 1. The van der Waals surface area contributed by atoms with Crippen molar-refractivity contribution in [2.75, 3.05) is 6.61 Å². The Balaban J connectivity index is 2.09. The molecule has 17 heavy (non-hydrogen) atoms. The van der Waals surface area contributed by atoms with Crippen LogP contribution in [0.1, 0.15) is 5.56 Å². The molecule has 0 unspecified atom stereocenters. The summed E-state index contributed by atoms with van der Waals surface area (Å²) in [6.07, 6.45) is 0.914. The molecule has 0 atom stereocenters. The molecule has 3 rings (SSSR count). The van der Waals surface area contributed by atoms with E-state index in [2.05, 4.69) is 9.97 Å². The highest BCUT2D eigenvalue weighted by Gasteiger charge is 2.14. The molecule has 2 aromatic rings. The lowest BCUT2D eigenvalue weighted by Crippen LogP contribution is -1.90. The number of hydrogen-bond donors (Lipinski definition) is 0. The predicted octanol–water partition coefficient (Wildman–Crippen LogP) is 3.39. The van der Waals surface area contributed by atoms with Gasteiger partial charge >= 0.3 is 0 Å². The van der Waals surface area contributed by atoms with Crippen LogP contribution in [0.3, 0.4) is 0 Å². The number of halogens is 2. The molecule has 3 nitrogen and oxygen atoms in total. The van der Waals surface area contributed by atoms with Crippen molar-refractivity contribution in [2.45, 2.75) is 6.42 Å². The van der Waals surface area contributed by atoms with Crippen molar-refractivity contribution >= 4 is 23.2 Å². The van der Waals surface area contributed by atoms with E-state index in [4.69, 9.17) is 27.9 Å². The molecule has 1 aromatic carbocycles. The minimum atomic E-state index is 0.344. The first kappa shape index (κ1) is 10.8. The second-order valence-corrected chi connectivity index (χ2v) is 4.53. The van der Waals surface area contributed by atoms with E-state index in [0.717, 1.165) is 24.3 Å². The monoisotopic (exact) mass is 266 g/mol. The number of benzene rings is 1. The highest BCUT2D eigenvalue weighted by atomic mass is 35.5. The molecule has 1 aromatic heterocycles. The van der Waals surface area contributed by atoms with Crippen molar-refractivity contribution < 1.29 is 4.74 Å². The third-order valence-corrected chi connectivity index (χ3v) is 3.00. The zero-order valence-corrected chi connectivity index (χ0v) is 10.3.